The number of Topliss-reactive ketones (excluding diaryl/α,β-unsaturated/α-hetero) is 1. The Morgan fingerprint density at radius 2 is 2.08 bits per heavy atom. The molecule has 0 saturated heterocycles. The summed E-state index contributed by atoms with van der Waals surface area (Å²) in [6.07, 6.45) is 2.16. The summed E-state index contributed by atoms with van der Waals surface area (Å²) in [6, 6.07) is 0. The van der Waals surface area contributed by atoms with Gasteiger partial charge in [-0.15, -0.1) is 5.92 Å². The lowest BCUT2D eigenvalue weighted by atomic mass is 9.65. The maximum atomic E-state index is 11.6. The van der Waals surface area contributed by atoms with Crippen LogP contribution in [0.4, 0.5) is 0 Å². The van der Waals surface area contributed by atoms with Gasteiger partial charge in [0.1, 0.15) is 0 Å². The molecule has 1 fully saturated rings. The molecule has 1 atom stereocenters. The summed E-state index contributed by atoms with van der Waals surface area (Å²) >= 11 is 0. The third-order valence-electron chi connectivity index (χ3n) is 2.89. The second-order valence-electron chi connectivity index (χ2n) is 4.25. The number of rotatable bonds is 0. The Hall–Kier alpha value is -0.810. The molecule has 0 aliphatic heterocycles. The summed E-state index contributed by atoms with van der Waals surface area (Å²) in [5.74, 6) is 5.17. The normalized spacial score (nSPS) is 32.2. The average molecular weight is 180 g/mol. The van der Waals surface area contributed by atoms with Crippen LogP contribution in [0.25, 0.3) is 0 Å². The molecule has 72 valence electrons. The van der Waals surface area contributed by atoms with E-state index in [1.165, 1.54) is 0 Å². The Bertz CT molecular complexity index is 280. The van der Waals surface area contributed by atoms with Gasteiger partial charge in [-0.05, 0) is 19.8 Å². The minimum Gasteiger partial charge on any atom is -0.370 e. The monoisotopic (exact) mass is 180 g/mol. The van der Waals surface area contributed by atoms with E-state index >= 15 is 0 Å². The summed E-state index contributed by atoms with van der Waals surface area (Å²) in [7, 11) is 0. The van der Waals surface area contributed by atoms with Crippen LogP contribution in [-0.4, -0.2) is 16.5 Å². The Morgan fingerprint density at radius 3 is 2.54 bits per heavy atom. The highest BCUT2D eigenvalue weighted by molar-refractivity contribution is 5.92. The van der Waals surface area contributed by atoms with Crippen LogP contribution in [0.3, 0.4) is 0 Å². The fourth-order valence-corrected chi connectivity index (χ4v) is 1.85. The van der Waals surface area contributed by atoms with Crippen LogP contribution in [0.15, 0.2) is 0 Å². The molecule has 0 radical (unpaired) electrons. The van der Waals surface area contributed by atoms with Crippen molar-refractivity contribution in [2.45, 2.75) is 45.6 Å². The highest BCUT2D eigenvalue weighted by Crippen LogP contribution is 2.41. The summed E-state index contributed by atoms with van der Waals surface area (Å²) < 4.78 is 0. The zero-order valence-electron chi connectivity index (χ0n) is 8.48. The molecular weight excluding hydrogens is 164 g/mol. The average Bonchev–Trinajstić information content (AvgIpc) is 2.01. The number of carbonyl (C=O) groups excluding carboxylic acids is 1. The van der Waals surface area contributed by atoms with Crippen molar-refractivity contribution in [3.05, 3.63) is 0 Å². The second-order valence-corrected chi connectivity index (χ2v) is 4.25. The van der Waals surface area contributed by atoms with Crippen LogP contribution >= 0.6 is 0 Å². The van der Waals surface area contributed by atoms with Gasteiger partial charge in [-0.2, -0.15) is 0 Å². The Kier molecular flexibility index (Phi) is 2.49. The van der Waals surface area contributed by atoms with E-state index < -0.39 is 11.0 Å². The van der Waals surface area contributed by atoms with Gasteiger partial charge in [0.25, 0.3) is 0 Å². The lowest BCUT2D eigenvalue weighted by Gasteiger charge is -2.41. The maximum Gasteiger partial charge on any atom is 0.189 e. The van der Waals surface area contributed by atoms with E-state index in [2.05, 4.69) is 11.8 Å². The predicted octanol–water partition coefficient (Wildman–Crippen LogP) is 1.52. The van der Waals surface area contributed by atoms with Crippen molar-refractivity contribution < 1.29 is 9.90 Å². The van der Waals surface area contributed by atoms with Crippen LogP contribution < -0.4 is 0 Å². The second kappa shape index (κ2) is 3.16. The van der Waals surface area contributed by atoms with Gasteiger partial charge in [0.05, 0.1) is 0 Å². The van der Waals surface area contributed by atoms with E-state index in [4.69, 9.17) is 0 Å². The van der Waals surface area contributed by atoms with Crippen LogP contribution in [0.5, 0.6) is 0 Å². The topological polar surface area (TPSA) is 37.3 Å². The van der Waals surface area contributed by atoms with Gasteiger partial charge >= 0.3 is 0 Å². The number of hydrogen-bond donors (Lipinski definition) is 1. The zero-order valence-corrected chi connectivity index (χ0v) is 8.48. The molecule has 1 aliphatic rings. The number of aliphatic hydroxyl groups is 1. The standard InChI is InChI=1S/C11H16O2/c1-4-7-11(13)9(12)6-5-8-10(11,2)3/h13H,5-6,8H2,1-3H3. The molecule has 0 heterocycles. The van der Waals surface area contributed by atoms with Crippen molar-refractivity contribution in [3.63, 3.8) is 0 Å². The van der Waals surface area contributed by atoms with Crippen LogP contribution in [0.1, 0.15) is 40.0 Å². The molecule has 0 aromatic rings. The van der Waals surface area contributed by atoms with Crippen LogP contribution in [0, 0.1) is 17.3 Å². The van der Waals surface area contributed by atoms with Gasteiger partial charge in [-0.25, -0.2) is 0 Å². The number of carbonyl (C=O) groups is 1. The van der Waals surface area contributed by atoms with Crippen molar-refractivity contribution in [2.24, 2.45) is 5.41 Å². The molecule has 1 unspecified atom stereocenters. The first kappa shape index (κ1) is 10.3. The van der Waals surface area contributed by atoms with Crippen LogP contribution in [0.2, 0.25) is 0 Å². The molecule has 0 amide bonds. The van der Waals surface area contributed by atoms with Gasteiger partial charge in [0, 0.05) is 11.8 Å². The van der Waals surface area contributed by atoms with Crippen molar-refractivity contribution in [3.8, 4) is 11.8 Å². The quantitative estimate of drug-likeness (QED) is 0.574. The first-order valence-corrected chi connectivity index (χ1v) is 4.63. The molecule has 1 rings (SSSR count). The zero-order chi connectivity index (χ0) is 10.1. The van der Waals surface area contributed by atoms with Crippen molar-refractivity contribution in [1.29, 1.82) is 0 Å². The van der Waals surface area contributed by atoms with Crippen LogP contribution in [-0.2, 0) is 4.79 Å². The van der Waals surface area contributed by atoms with E-state index in [0.29, 0.717) is 6.42 Å². The minimum absolute atomic E-state index is 0.127. The predicted molar refractivity (Wildman–Crippen MR) is 51.0 cm³/mol. The Labute approximate surface area is 79.3 Å². The molecule has 1 saturated carbocycles. The largest absolute Gasteiger partial charge is 0.370 e. The summed E-state index contributed by atoms with van der Waals surface area (Å²) in [6.45, 7) is 5.44. The van der Waals surface area contributed by atoms with Gasteiger partial charge in [-0.3, -0.25) is 4.79 Å². The molecule has 0 bridgehead atoms. The first-order chi connectivity index (χ1) is 5.94. The summed E-state index contributed by atoms with van der Waals surface area (Å²) in [4.78, 5) is 11.6. The maximum absolute atomic E-state index is 11.6. The van der Waals surface area contributed by atoms with Gasteiger partial charge in [0.15, 0.2) is 11.4 Å². The molecular formula is C11H16O2. The highest BCUT2D eigenvalue weighted by atomic mass is 16.3. The molecule has 0 aromatic carbocycles. The first-order valence-electron chi connectivity index (χ1n) is 4.63. The third kappa shape index (κ3) is 1.49. The molecule has 1 aliphatic carbocycles. The fourth-order valence-electron chi connectivity index (χ4n) is 1.85. The molecule has 2 nitrogen and oxygen atoms in total. The van der Waals surface area contributed by atoms with Gasteiger partial charge < -0.3 is 5.11 Å². The van der Waals surface area contributed by atoms with E-state index in [1.54, 1.807) is 6.92 Å². The molecule has 2 heteroatoms. The highest BCUT2D eigenvalue weighted by Gasteiger charge is 2.50. The van der Waals surface area contributed by atoms with E-state index in [1.807, 2.05) is 13.8 Å². The fraction of sp³-hybridized carbons (Fsp3) is 0.727. The Balaban J connectivity index is 3.10. The van der Waals surface area contributed by atoms with E-state index in [0.717, 1.165) is 12.8 Å². The third-order valence-corrected chi connectivity index (χ3v) is 2.89. The van der Waals surface area contributed by atoms with E-state index in [9.17, 15) is 9.90 Å². The van der Waals surface area contributed by atoms with Crippen molar-refractivity contribution in [1.82, 2.24) is 0 Å². The lowest BCUT2D eigenvalue weighted by Crippen LogP contribution is -2.53. The summed E-state index contributed by atoms with van der Waals surface area (Å²) in [5.41, 5.74) is -1.83. The Morgan fingerprint density at radius 1 is 1.46 bits per heavy atom. The lowest BCUT2D eigenvalue weighted by molar-refractivity contribution is -0.146. The number of ketones is 1. The summed E-state index contributed by atoms with van der Waals surface area (Å²) in [5, 5.41) is 10.1. The SMILES string of the molecule is CC#CC1(O)C(=O)CCCC1(C)C. The van der Waals surface area contributed by atoms with Crippen molar-refractivity contribution >= 4 is 5.78 Å². The smallest absolute Gasteiger partial charge is 0.189 e. The number of hydrogen-bond acceptors (Lipinski definition) is 2. The molecule has 0 aromatic heterocycles. The van der Waals surface area contributed by atoms with Gasteiger partial charge in [0.2, 0.25) is 0 Å². The van der Waals surface area contributed by atoms with Crippen molar-refractivity contribution in [2.75, 3.05) is 0 Å². The molecule has 1 N–H and O–H groups in total. The molecule has 13 heavy (non-hydrogen) atoms. The van der Waals surface area contributed by atoms with Gasteiger partial charge in [-0.1, -0.05) is 19.8 Å². The molecule has 0 spiro atoms. The van der Waals surface area contributed by atoms with E-state index in [-0.39, 0.29) is 5.78 Å². The minimum atomic E-state index is -1.42.